The number of benzene rings is 4. The number of non-ortho nitro benzene ring substituents is 1. The lowest BCUT2D eigenvalue weighted by Gasteiger charge is -2.31. The lowest BCUT2D eigenvalue weighted by atomic mass is 9.76. The molecule has 0 saturated carbocycles. The van der Waals surface area contributed by atoms with Crippen molar-refractivity contribution in [2.45, 2.75) is 38.0 Å². The van der Waals surface area contributed by atoms with Gasteiger partial charge in [-0.25, -0.2) is 4.90 Å². The van der Waals surface area contributed by atoms with Gasteiger partial charge >= 0.3 is 5.97 Å². The quantitative estimate of drug-likeness (QED) is 0.128. The van der Waals surface area contributed by atoms with Crippen LogP contribution in [0, 0.1) is 22.0 Å². The van der Waals surface area contributed by atoms with Crippen LogP contribution in [0.5, 0.6) is 11.5 Å². The predicted octanol–water partition coefficient (Wildman–Crippen LogP) is 5.26. The van der Waals surface area contributed by atoms with Gasteiger partial charge in [0.2, 0.25) is 11.8 Å². The fourth-order valence-corrected chi connectivity index (χ4v) is 6.72. The van der Waals surface area contributed by atoms with E-state index in [4.69, 9.17) is 9.47 Å². The predicted molar refractivity (Wildman–Crippen MR) is 172 cm³/mol. The van der Waals surface area contributed by atoms with E-state index in [0.717, 1.165) is 22.4 Å². The van der Waals surface area contributed by atoms with E-state index < -0.39 is 46.1 Å². The number of imide groups is 1. The van der Waals surface area contributed by atoms with Crippen molar-refractivity contribution >= 4 is 29.2 Å². The summed E-state index contributed by atoms with van der Waals surface area (Å²) < 4.78 is 11.9. The second-order valence-electron chi connectivity index (χ2n) is 11.7. The molecular formula is C36H33N3O8. The molecule has 0 bridgehead atoms. The lowest BCUT2D eigenvalue weighted by Crippen LogP contribution is -2.57. The Balaban J connectivity index is 1.48. The lowest BCUT2D eigenvalue weighted by molar-refractivity contribution is -0.384. The maximum Gasteiger partial charge on any atom is 0.325 e. The van der Waals surface area contributed by atoms with Crippen molar-refractivity contribution in [2.75, 3.05) is 12.0 Å². The molecule has 2 aliphatic rings. The number of amides is 2. The molecule has 2 heterocycles. The van der Waals surface area contributed by atoms with E-state index in [0.29, 0.717) is 28.3 Å². The summed E-state index contributed by atoms with van der Waals surface area (Å²) in [6, 6.07) is 26.2. The van der Waals surface area contributed by atoms with E-state index in [1.165, 1.54) is 31.4 Å². The zero-order valence-corrected chi connectivity index (χ0v) is 25.8. The first kappa shape index (κ1) is 31.4. The number of rotatable bonds is 11. The Labute approximate surface area is 270 Å². The second-order valence-corrected chi connectivity index (χ2v) is 11.7. The molecule has 2 saturated heterocycles. The number of nitrogens with zero attached hydrogens (tertiary/aromatic N) is 2. The Morgan fingerprint density at radius 1 is 0.915 bits per heavy atom. The van der Waals surface area contributed by atoms with Gasteiger partial charge in [0.05, 0.1) is 29.6 Å². The fraction of sp³-hybridized carbons (Fsp3) is 0.250. The van der Waals surface area contributed by atoms with Crippen LogP contribution < -0.4 is 19.7 Å². The van der Waals surface area contributed by atoms with Gasteiger partial charge in [-0.05, 0) is 41.3 Å². The second kappa shape index (κ2) is 12.7. The highest BCUT2D eigenvalue weighted by Gasteiger charge is 2.69. The number of aliphatic carboxylic acids is 1. The molecule has 240 valence electrons. The van der Waals surface area contributed by atoms with Crippen LogP contribution >= 0.6 is 0 Å². The number of ether oxygens (including phenoxy) is 2. The average Bonchev–Trinajstić information content (AvgIpc) is 3.57. The zero-order chi connectivity index (χ0) is 33.3. The van der Waals surface area contributed by atoms with Crippen molar-refractivity contribution in [3.8, 4) is 11.5 Å². The highest BCUT2D eigenvalue weighted by atomic mass is 16.6. The molecule has 11 nitrogen and oxygen atoms in total. The third kappa shape index (κ3) is 5.59. The number of anilines is 1. The minimum absolute atomic E-state index is 0.154. The van der Waals surface area contributed by atoms with Gasteiger partial charge in [-0.1, -0.05) is 73.7 Å². The summed E-state index contributed by atoms with van der Waals surface area (Å²) in [5.41, 5.74) is 1.06. The van der Waals surface area contributed by atoms with Crippen LogP contribution in [-0.2, 0) is 33.8 Å². The van der Waals surface area contributed by atoms with E-state index in [2.05, 4.69) is 5.32 Å². The third-order valence-corrected chi connectivity index (χ3v) is 9.06. The molecule has 2 amide bonds. The number of nitrogens with one attached hydrogen (secondary N) is 1. The van der Waals surface area contributed by atoms with Crippen LogP contribution in [0.4, 0.5) is 11.4 Å². The SMILES string of the molecule is CCc1ccc(N2C(=O)C3C(c4cccc(OC)c4OCc4ccccc4)NC(Cc4ccc([N+](=O)[O-])cc4)(C(=O)O)C3C2=O)cc1. The van der Waals surface area contributed by atoms with Gasteiger partial charge in [-0.2, -0.15) is 0 Å². The van der Waals surface area contributed by atoms with Gasteiger partial charge in [-0.15, -0.1) is 0 Å². The molecule has 4 aromatic carbocycles. The molecule has 4 unspecified atom stereocenters. The largest absolute Gasteiger partial charge is 0.493 e. The van der Waals surface area contributed by atoms with E-state index in [1.807, 2.05) is 49.4 Å². The minimum atomic E-state index is -1.95. The smallest absolute Gasteiger partial charge is 0.325 e. The molecule has 2 aliphatic heterocycles. The molecule has 2 fully saturated rings. The number of nitro groups is 1. The number of hydrogen-bond donors (Lipinski definition) is 2. The number of fused-ring (bicyclic) bond motifs is 1. The molecule has 11 heteroatoms. The Bertz CT molecular complexity index is 1830. The minimum Gasteiger partial charge on any atom is -0.493 e. The van der Waals surface area contributed by atoms with E-state index >= 15 is 0 Å². The highest BCUT2D eigenvalue weighted by Crippen LogP contribution is 2.53. The van der Waals surface area contributed by atoms with Crippen molar-refractivity contribution in [1.29, 1.82) is 0 Å². The van der Waals surface area contributed by atoms with Crippen LogP contribution in [-0.4, -0.2) is 40.5 Å². The van der Waals surface area contributed by atoms with Gasteiger partial charge in [-0.3, -0.25) is 29.8 Å². The standard InChI is InChI=1S/C36H33N3O8/c1-3-22-12-16-25(17-13-22)38-33(40)29-30(34(38)41)36(35(42)43,20-23-14-18-26(19-15-23)39(44)45)37-31(29)27-10-7-11-28(46-2)32(27)47-21-24-8-5-4-6-9-24/h4-19,29-31,37H,3,20-21H2,1-2H3,(H,42,43). The van der Waals surface area contributed by atoms with Crippen molar-refractivity contribution in [2.24, 2.45) is 11.8 Å². The fourth-order valence-electron chi connectivity index (χ4n) is 6.72. The Morgan fingerprint density at radius 3 is 2.21 bits per heavy atom. The summed E-state index contributed by atoms with van der Waals surface area (Å²) in [6.45, 7) is 2.16. The number of methoxy groups -OCH3 is 1. The van der Waals surface area contributed by atoms with E-state index in [-0.39, 0.29) is 18.7 Å². The van der Waals surface area contributed by atoms with E-state index in [1.54, 1.807) is 30.3 Å². The van der Waals surface area contributed by atoms with Crippen molar-refractivity contribution in [3.05, 3.63) is 129 Å². The third-order valence-electron chi connectivity index (χ3n) is 9.06. The number of hydrogen-bond acceptors (Lipinski definition) is 8. The maximum absolute atomic E-state index is 14.4. The van der Waals surface area contributed by atoms with Gasteiger partial charge < -0.3 is 14.6 Å². The highest BCUT2D eigenvalue weighted by molar-refractivity contribution is 6.24. The van der Waals surface area contributed by atoms with Crippen LogP contribution in [0.1, 0.15) is 35.2 Å². The van der Waals surface area contributed by atoms with Crippen LogP contribution in [0.2, 0.25) is 0 Å². The van der Waals surface area contributed by atoms with Crippen molar-refractivity contribution in [3.63, 3.8) is 0 Å². The molecule has 6 rings (SSSR count). The van der Waals surface area contributed by atoms with Crippen molar-refractivity contribution in [1.82, 2.24) is 5.32 Å². The molecule has 0 aliphatic carbocycles. The number of carboxylic acids is 1. The molecular weight excluding hydrogens is 602 g/mol. The first-order valence-corrected chi connectivity index (χ1v) is 15.2. The van der Waals surface area contributed by atoms with Crippen LogP contribution in [0.15, 0.2) is 97.1 Å². The number of nitro benzene ring substituents is 1. The number of carboxylic acid groups (broad SMARTS) is 1. The summed E-state index contributed by atoms with van der Waals surface area (Å²) in [4.78, 5) is 54.0. The van der Waals surface area contributed by atoms with Crippen LogP contribution in [0.3, 0.4) is 0 Å². The molecule has 0 aromatic heterocycles. The number of carbonyl (C=O) groups is 3. The average molecular weight is 636 g/mol. The van der Waals surface area contributed by atoms with Crippen molar-refractivity contribution < 1.29 is 33.9 Å². The monoisotopic (exact) mass is 635 g/mol. The number of para-hydroxylation sites is 1. The molecule has 4 aromatic rings. The Morgan fingerprint density at radius 2 is 1.60 bits per heavy atom. The van der Waals surface area contributed by atoms with Crippen LogP contribution in [0.25, 0.3) is 0 Å². The number of aryl methyl sites for hydroxylation is 1. The first-order chi connectivity index (χ1) is 22.7. The zero-order valence-electron chi connectivity index (χ0n) is 25.8. The summed E-state index contributed by atoms with van der Waals surface area (Å²) >= 11 is 0. The Kier molecular flexibility index (Phi) is 8.48. The summed E-state index contributed by atoms with van der Waals surface area (Å²) in [6.07, 6.45) is 0.544. The molecule has 47 heavy (non-hydrogen) atoms. The summed E-state index contributed by atoms with van der Waals surface area (Å²) in [7, 11) is 1.49. The normalized spacial score (nSPS) is 21.8. The van der Waals surface area contributed by atoms with E-state index in [9.17, 15) is 29.6 Å². The summed E-state index contributed by atoms with van der Waals surface area (Å²) in [5, 5.41) is 25.4. The molecule has 0 radical (unpaired) electrons. The topological polar surface area (TPSA) is 148 Å². The first-order valence-electron chi connectivity index (χ1n) is 15.2. The molecule has 0 spiro atoms. The van der Waals surface area contributed by atoms with Gasteiger partial charge in [0.1, 0.15) is 12.1 Å². The molecule has 4 atom stereocenters. The number of carbonyl (C=O) groups excluding carboxylic acids is 2. The van der Waals surface area contributed by atoms with Gasteiger partial charge in [0.25, 0.3) is 5.69 Å². The summed E-state index contributed by atoms with van der Waals surface area (Å²) in [5.74, 6) is -4.24. The molecule has 2 N–H and O–H groups in total. The van der Waals surface area contributed by atoms with Gasteiger partial charge in [0, 0.05) is 30.2 Å². The Hall–Kier alpha value is -5.55. The van der Waals surface area contributed by atoms with Gasteiger partial charge in [0.15, 0.2) is 11.5 Å². The maximum atomic E-state index is 14.4.